The largest absolute Gasteiger partial charge is 0.481 e. The quantitative estimate of drug-likeness (QED) is 0.436. The molecule has 1 aromatic heterocycles. The summed E-state index contributed by atoms with van der Waals surface area (Å²) in [7, 11) is 1.58. The third-order valence-corrected chi connectivity index (χ3v) is 7.82. The fourth-order valence-electron chi connectivity index (χ4n) is 4.49. The van der Waals surface area contributed by atoms with Crippen molar-refractivity contribution in [2.45, 2.75) is 13.3 Å². The van der Waals surface area contributed by atoms with Gasteiger partial charge in [0, 0.05) is 45.3 Å². The van der Waals surface area contributed by atoms with Gasteiger partial charge in [0.05, 0.1) is 17.0 Å². The van der Waals surface area contributed by atoms with E-state index in [1.165, 1.54) is 15.5 Å². The molecule has 0 spiro atoms. The molecule has 2 aliphatic heterocycles. The third kappa shape index (κ3) is 5.10. The summed E-state index contributed by atoms with van der Waals surface area (Å²) in [5.74, 6) is -1.21. The summed E-state index contributed by atoms with van der Waals surface area (Å²) >= 11 is 6.35. The number of carbonyl (C=O) groups excluding carboxylic acids is 1. The summed E-state index contributed by atoms with van der Waals surface area (Å²) in [6.45, 7) is 3.59. The number of piperazine rings is 1. The maximum atomic E-state index is 14.3. The number of aromatic nitrogens is 1. The molecule has 0 unspecified atom stereocenters. The molecule has 192 valence electrons. The van der Waals surface area contributed by atoms with Gasteiger partial charge < -0.3 is 14.9 Å². The van der Waals surface area contributed by atoms with Crippen LogP contribution in [0.15, 0.2) is 34.0 Å². The average Bonchev–Trinajstić information content (AvgIpc) is 3.14. The Hall–Kier alpha value is -3.69. The molecular weight excluding hydrogens is 517 g/mol. The number of pyridine rings is 1. The molecule has 1 amide bonds. The molecule has 2 aromatic rings. The fraction of sp³-hybridized carbons (Fsp3) is 0.320. The molecule has 3 heterocycles. The zero-order chi connectivity index (χ0) is 26.9. The summed E-state index contributed by atoms with van der Waals surface area (Å²) in [5.41, 5.74) is 1.02. The molecule has 0 atom stereocenters. The average molecular weight is 542 g/mol. The molecule has 0 aliphatic carbocycles. The number of carbonyl (C=O) groups is 2. The van der Waals surface area contributed by atoms with Crippen LogP contribution >= 0.6 is 24.0 Å². The lowest BCUT2D eigenvalue weighted by atomic mass is 10.0. The predicted octanol–water partition coefficient (Wildman–Crippen LogP) is 2.71. The van der Waals surface area contributed by atoms with Gasteiger partial charge in [0.25, 0.3) is 11.5 Å². The number of carboxylic acid groups (broad SMARTS) is 1. The van der Waals surface area contributed by atoms with Crippen molar-refractivity contribution in [3.63, 3.8) is 0 Å². The summed E-state index contributed by atoms with van der Waals surface area (Å²) < 4.78 is 16.0. The van der Waals surface area contributed by atoms with Crippen LogP contribution in [0.25, 0.3) is 6.08 Å². The Balaban J connectivity index is 1.71. The zero-order valence-corrected chi connectivity index (χ0v) is 21.9. The molecule has 2 aliphatic rings. The van der Waals surface area contributed by atoms with Gasteiger partial charge in [0.2, 0.25) is 0 Å². The molecule has 0 radical (unpaired) electrons. The minimum atomic E-state index is -1.04. The Morgan fingerprint density at radius 1 is 1.22 bits per heavy atom. The van der Waals surface area contributed by atoms with E-state index in [0.717, 1.165) is 11.8 Å². The maximum absolute atomic E-state index is 14.3. The first kappa shape index (κ1) is 26.4. The van der Waals surface area contributed by atoms with Crippen molar-refractivity contribution in [1.82, 2.24) is 9.47 Å². The van der Waals surface area contributed by atoms with E-state index in [9.17, 15) is 24.0 Å². The Morgan fingerprint density at radius 3 is 2.49 bits per heavy atom. The highest BCUT2D eigenvalue weighted by atomic mass is 32.2. The Bertz CT molecular complexity index is 1420. The molecule has 4 rings (SSSR count). The summed E-state index contributed by atoms with van der Waals surface area (Å²) in [6, 6.07) is 8.54. The van der Waals surface area contributed by atoms with Crippen molar-refractivity contribution in [3.8, 4) is 6.07 Å². The van der Waals surface area contributed by atoms with E-state index in [4.69, 9.17) is 17.3 Å². The van der Waals surface area contributed by atoms with Crippen LogP contribution in [0.1, 0.15) is 23.1 Å². The summed E-state index contributed by atoms with van der Waals surface area (Å²) in [4.78, 5) is 42.5. The van der Waals surface area contributed by atoms with Crippen LogP contribution in [-0.4, -0.2) is 63.5 Å². The minimum absolute atomic E-state index is 0.0242. The second kappa shape index (κ2) is 10.7. The molecule has 12 heteroatoms. The lowest BCUT2D eigenvalue weighted by Gasteiger charge is -2.38. The lowest BCUT2D eigenvalue weighted by Crippen LogP contribution is -2.48. The van der Waals surface area contributed by atoms with Gasteiger partial charge in [-0.3, -0.25) is 23.9 Å². The number of carboxylic acids is 1. The van der Waals surface area contributed by atoms with E-state index in [1.54, 1.807) is 38.2 Å². The van der Waals surface area contributed by atoms with Gasteiger partial charge in [0.15, 0.2) is 0 Å². The third-order valence-electron chi connectivity index (χ3n) is 6.44. The molecule has 37 heavy (non-hydrogen) atoms. The van der Waals surface area contributed by atoms with Gasteiger partial charge in [-0.1, -0.05) is 36.1 Å². The summed E-state index contributed by atoms with van der Waals surface area (Å²) in [5, 5.41) is 18.6. The molecule has 9 nitrogen and oxygen atoms in total. The Morgan fingerprint density at radius 2 is 1.86 bits per heavy atom. The van der Waals surface area contributed by atoms with Crippen molar-refractivity contribution >= 4 is 57.8 Å². The molecule has 1 aromatic carbocycles. The van der Waals surface area contributed by atoms with Crippen LogP contribution in [0.2, 0.25) is 0 Å². The van der Waals surface area contributed by atoms with Gasteiger partial charge in [0.1, 0.15) is 27.6 Å². The number of anilines is 2. The minimum Gasteiger partial charge on any atom is -0.481 e. The van der Waals surface area contributed by atoms with Crippen molar-refractivity contribution < 1.29 is 19.1 Å². The second-order valence-corrected chi connectivity index (χ2v) is 10.3. The zero-order valence-electron chi connectivity index (χ0n) is 20.2. The Labute approximate surface area is 222 Å². The van der Waals surface area contributed by atoms with Gasteiger partial charge in [-0.05, 0) is 30.7 Å². The van der Waals surface area contributed by atoms with E-state index in [0.29, 0.717) is 48.8 Å². The summed E-state index contributed by atoms with van der Waals surface area (Å²) in [6.07, 6.45) is 1.38. The molecule has 1 N–H and O–H groups in total. The number of nitriles is 1. The van der Waals surface area contributed by atoms with Gasteiger partial charge >= 0.3 is 5.97 Å². The number of amides is 1. The van der Waals surface area contributed by atoms with Gasteiger partial charge in [-0.25, -0.2) is 4.39 Å². The topological polar surface area (TPSA) is 110 Å². The lowest BCUT2D eigenvalue weighted by molar-refractivity contribution is -0.137. The van der Waals surface area contributed by atoms with E-state index < -0.39 is 17.4 Å². The number of rotatable bonds is 6. The van der Waals surface area contributed by atoms with E-state index in [1.807, 2.05) is 15.9 Å². The van der Waals surface area contributed by atoms with Crippen LogP contribution in [0, 0.1) is 24.1 Å². The van der Waals surface area contributed by atoms with Crippen molar-refractivity contribution in [1.29, 1.82) is 5.26 Å². The highest BCUT2D eigenvalue weighted by Crippen LogP contribution is 2.36. The number of hydrogen-bond donors (Lipinski definition) is 1. The highest BCUT2D eigenvalue weighted by Gasteiger charge is 2.33. The molecular formula is C25H24FN5O4S2. The fourth-order valence-corrected chi connectivity index (χ4v) is 5.78. The number of para-hydroxylation sites is 1. The van der Waals surface area contributed by atoms with Gasteiger partial charge in [-0.15, -0.1) is 0 Å². The number of benzene rings is 1. The number of nitrogens with zero attached hydrogens (tertiary/aromatic N) is 5. The first-order chi connectivity index (χ1) is 17.6. The SMILES string of the molecule is Cc1c(C=C2SC(=S)N(CCC(=O)O)C2=O)c(N2CCN(c3ccccc3F)CC2)n(C)c(=O)c1C#N. The van der Waals surface area contributed by atoms with Crippen LogP contribution in [0.5, 0.6) is 0 Å². The van der Waals surface area contributed by atoms with Crippen LogP contribution in [-0.2, 0) is 16.6 Å². The smallest absolute Gasteiger partial charge is 0.305 e. The van der Waals surface area contributed by atoms with Crippen molar-refractivity contribution in [2.24, 2.45) is 7.05 Å². The number of aliphatic carboxylic acids is 1. The first-order valence-electron chi connectivity index (χ1n) is 11.5. The molecule has 0 saturated carbocycles. The van der Waals surface area contributed by atoms with Crippen LogP contribution < -0.4 is 15.4 Å². The van der Waals surface area contributed by atoms with Crippen molar-refractivity contribution in [3.05, 3.63) is 62.0 Å². The first-order valence-corrected chi connectivity index (χ1v) is 12.7. The van der Waals surface area contributed by atoms with Gasteiger partial charge in [-0.2, -0.15) is 5.26 Å². The number of halogens is 1. The molecule has 2 saturated heterocycles. The van der Waals surface area contributed by atoms with Crippen LogP contribution in [0.4, 0.5) is 15.9 Å². The van der Waals surface area contributed by atoms with E-state index in [-0.39, 0.29) is 33.6 Å². The maximum Gasteiger partial charge on any atom is 0.305 e. The van der Waals surface area contributed by atoms with E-state index >= 15 is 0 Å². The number of thiocarbonyl (C=S) groups is 1. The number of hydrogen-bond acceptors (Lipinski definition) is 8. The second-order valence-electron chi connectivity index (χ2n) is 8.62. The normalized spacial score (nSPS) is 17.0. The monoisotopic (exact) mass is 541 g/mol. The highest BCUT2D eigenvalue weighted by molar-refractivity contribution is 8.26. The molecule has 0 bridgehead atoms. The predicted molar refractivity (Wildman–Crippen MR) is 144 cm³/mol. The van der Waals surface area contributed by atoms with Crippen molar-refractivity contribution in [2.75, 3.05) is 42.5 Å². The van der Waals surface area contributed by atoms with Crippen LogP contribution in [0.3, 0.4) is 0 Å². The van der Waals surface area contributed by atoms with E-state index in [2.05, 4.69) is 0 Å². The molecule has 2 fully saturated rings. The standard InChI is InChI=1S/C25H24FN5O4S2/c1-15-16(13-20-24(35)31(25(36)37-20)8-7-21(32)33)22(28(2)23(34)17(15)14-27)30-11-9-29(10-12-30)19-6-4-3-5-18(19)26/h3-6,13H,7-12H2,1-2H3,(H,32,33). The number of thioether (sulfide) groups is 1. The Kier molecular flexibility index (Phi) is 7.65.